The van der Waals surface area contributed by atoms with Crippen LogP contribution in [-0.2, 0) is 4.79 Å². The maximum absolute atomic E-state index is 13.1. The van der Waals surface area contributed by atoms with Gasteiger partial charge in [-0.15, -0.1) is 0 Å². The number of hydrogen-bond acceptors (Lipinski definition) is 3. The summed E-state index contributed by atoms with van der Waals surface area (Å²) in [5.41, 5.74) is -0.167. The van der Waals surface area contributed by atoms with Crippen LogP contribution in [0.1, 0.15) is 24.2 Å². The topological polar surface area (TPSA) is 77.8 Å². The van der Waals surface area contributed by atoms with E-state index in [9.17, 15) is 19.1 Å². The first-order valence-electron chi connectivity index (χ1n) is 5.87. The third-order valence-electron chi connectivity index (χ3n) is 2.77. The molecule has 1 atom stereocenters. The van der Waals surface area contributed by atoms with Gasteiger partial charge in [0.1, 0.15) is 11.6 Å². The Morgan fingerprint density at radius 3 is 2.58 bits per heavy atom. The van der Waals surface area contributed by atoms with Crippen LogP contribution in [0.4, 0.5) is 4.39 Å². The van der Waals surface area contributed by atoms with Crippen molar-refractivity contribution in [1.29, 1.82) is 0 Å². The molecule has 0 saturated heterocycles. The molecule has 0 aliphatic heterocycles. The highest BCUT2D eigenvalue weighted by molar-refractivity contribution is 5.97. The summed E-state index contributed by atoms with van der Waals surface area (Å²) in [4.78, 5) is 24.2. The highest BCUT2D eigenvalue weighted by Crippen LogP contribution is 2.20. The molecule has 1 unspecified atom stereocenters. The molecule has 0 aliphatic carbocycles. The second kappa shape index (κ2) is 6.17. The summed E-state index contributed by atoms with van der Waals surface area (Å²) in [6.07, 6.45) is 0. The molecule has 1 aromatic carbocycles. The maximum Gasteiger partial charge on any atom is 0.308 e. The van der Waals surface area contributed by atoms with Crippen molar-refractivity contribution in [1.82, 2.24) is 4.90 Å². The number of phenols is 1. The molecule has 0 spiro atoms. The summed E-state index contributed by atoms with van der Waals surface area (Å²) >= 11 is 0. The number of carbonyl (C=O) groups is 2. The van der Waals surface area contributed by atoms with Gasteiger partial charge in [0.2, 0.25) is 0 Å². The fraction of sp³-hybridized carbons (Fsp3) is 0.385. The van der Waals surface area contributed by atoms with Gasteiger partial charge in [0.15, 0.2) is 0 Å². The Hall–Kier alpha value is -2.11. The Morgan fingerprint density at radius 1 is 1.42 bits per heavy atom. The second-order valence-electron chi connectivity index (χ2n) is 4.24. The molecule has 2 N–H and O–H groups in total. The Bertz CT molecular complexity index is 490. The normalized spacial score (nSPS) is 11.9. The summed E-state index contributed by atoms with van der Waals surface area (Å²) in [6, 6.07) is 3.07. The number of phenolic OH excluding ortho intramolecular Hbond substituents is 1. The highest BCUT2D eigenvalue weighted by Gasteiger charge is 2.22. The van der Waals surface area contributed by atoms with Crippen LogP contribution in [0.15, 0.2) is 18.2 Å². The fourth-order valence-electron chi connectivity index (χ4n) is 1.61. The molecule has 5 nitrogen and oxygen atoms in total. The Morgan fingerprint density at radius 2 is 2.05 bits per heavy atom. The minimum atomic E-state index is -1.02. The molecular weight excluding hydrogens is 253 g/mol. The van der Waals surface area contributed by atoms with E-state index in [-0.39, 0.29) is 24.4 Å². The summed E-state index contributed by atoms with van der Waals surface area (Å²) < 4.78 is 13.1. The van der Waals surface area contributed by atoms with Gasteiger partial charge in [-0.25, -0.2) is 4.39 Å². The number of aliphatic carboxylic acids is 1. The number of carboxylic acids is 1. The van der Waals surface area contributed by atoms with E-state index in [1.54, 1.807) is 6.92 Å². The lowest BCUT2D eigenvalue weighted by Gasteiger charge is -2.23. The summed E-state index contributed by atoms with van der Waals surface area (Å²) in [6.45, 7) is 3.43. The van der Waals surface area contributed by atoms with Crippen molar-refractivity contribution in [3.05, 3.63) is 29.6 Å². The maximum atomic E-state index is 13.1. The molecule has 0 saturated carbocycles. The minimum absolute atomic E-state index is 0.000615. The standard InChI is InChI=1S/C13H16FNO4/c1-3-15(7-8(2)13(18)19)12(17)10-6-9(14)4-5-11(10)16/h4-6,8,16H,3,7H2,1-2H3,(H,18,19). The molecular formula is C13H16FNO4. The largest absolute Gasteiger partial charge is 0.507 e. The number of carboxylic acid groups (broad SMARTS) is 1. The van der Waals surface area contributed by atoms with Crippen molar-refractivity contribution in [2.24, 2.45) is 5.92 Å². The molecule has 1 aromatic rings. The average molecular weight is 269 g/mol. The summed E-state index contributed by atoms with van der Waals surface area (Å²) in [5, 5.41) is 18.4. The van der Waals surface area contributed by atoms with E-state index in [1.165, 1.54) is 11.8 Å². The van der Waals surface area contributed by atoms with Crippen molar-refractivity contribution in [2.45, 2.75) is 13.8 Å². The number of benzene rings is 1. The van der Waals surface area contributed by atoms with E-state index in [0.29, 0.717) is 0 Å². The number of nitrogens with zero attached hydrogens (tertiary/aromatic N) is 1. The number of hydrogen-bond donors (Lipinski definition) is 2. The SMILES string of the molecule is CCN(CC(C)C(=O)O)C(=O)c1cc(F)ccc1O. The van der Waals surface area contributed by atoms with Crippen molar-refractivity contribution in [3.63, 3.8) is 0 Å². The van der Waals surface area contributed by atoms with Gasteiger partial charge in [-0.2, -0.15) is 0 Å². The predicted molar refractivity (Wildman–Crippen MR) is 66.4 cm³/mol. The van der Waals surface area contributed by atoms with E-state index >= 15 is 0 Å². The first-order chi connectivity index (χ1) is 8.86. The first-order valence-corrected chi connectivity index (χ1v) is 5.87. The second-order valence-corrected chi connectivity index (χ2v) is 4.24. The van der Waals surface area contributed by atoms with Crippen LogP contribution < -0.4 is 0 Å². The molecule has 6 heteroatoms. The van der Waals surface area contributed by atoms with Gasteiger partial charge in [0.05, 0.1) is 11.5 Å². The molecule has 0 fully saturated rings. The predicted octanol–water partition coefficient (Wildman–Crippen LogP) is 1.71. The quantitative estimate of drug-likeness (QED) is 0.853. The van der Waals surface area contributed by atoms with Gasteiger partial charge in [0, 0.05) is 13.1 Å². The zero-order chi connectivity index (χ0) is 14.6. The van der Waals surface area contributed by atoms with E-state index in [4.69, 9.17) is 5.11 Å². The van der Waals surface area contributed by atoms with Crippen molar-refractivity contribution in [2.75, 3.05) is 13.1 Å². The Kier molecular flexibility index (Phi) is 4.86. The fourth-order valence-corrected chi connectivity index (χ4v) is 1.61. The van der Waals surface area contributed by atoms with Crippen LogP contribution in [0, 0.1) is 11.7 Å². The van der Waals surface area contributed by atoms with Crippen molar-refractivity contribution >= 4 is 11.9 Å². The van der Waals surface area contributed by atoms with Gasteiger partial charge in [-0.1, -0.05) is 6.92 Å². The number of carbonyl (C=O) groups excluding carboxylic acids is 1. The summed E-state index contributed by atoms with van der Waals surface area (Å²) in [5.74, 6) is -3.31. The smallest absolute Gasteiger partial charge is 0.308 e. The highest BCUT2D eigenvalue weighted by atomic mass is 19.1. The third-order valence-corrected chi connectivity index (χ3v) is 2.77. The van der Waals surface area contributed by atoms with E-state index in [0.717, 1.165) is 18.2 Å². The minimum Gasteiger partial charge on any atom is -0.507 e. The van der Waals surface area contributed by atoms with Crippen molar-refractivity contribution in [3.8, 4) is 5.75 Å². The summed E-state index contributed by atoms with van der Waals surface area (Å²) in [7, 11) is 0. The van der Waals surface area contributed by atoms with Crippen LogP contribution >= 0.6 is 0 Å². The van der Waals surface area contributed by atoms with E-state index < -0.39 is 23.6 Å². The average Bonchev–Trinajstić information content (AvgIpc) is 2.37. The van der Waals surface area contributed by atoms with Crippen molar-refractivity contribution < 1.29 is 24.2 Å². The molecule has 0 aromatic heterocycles. The van der Waals surface area contributed by atoms with E-state index in [2.05, 4.69) is 0 Å². The van der Waals surface area contributed by atoms with Gasteiger partial charge in [-0.3, -0.25) is 9.59 Å². The molecule has 19 heavy (non-hydrogen) atoms. The third kappa shape index (κ3) is 3.67. The number of amides is 1. The molecule has 0 radical (unpaired) electrons. The monoisotopic (exact) mass is 269 g/mol. The lowest BCUT2D eigenvalue weighted by molar-refractivity contribution is -0.141. The Labute approximate surface area is 110 Å². The molecule has 1 amide bonds. The molecule has 0 bridgehead atoms. The number of rotatable bonds is 5. The first kappa shape index (κ1) is 14.9. The van der Waals surface area contributed by atoms with Gasteiger partial charge in [-0.05, 0) is 25.1 Å². The molecule has 1 rings (SSSR count). The molecule has 104 valence electrons. The van der Waals surface area contributed by atoms with Crippen LogP contribution in [0.5, 0.6) is 5.75 Å². The lowest BCUT2D eigenvalue weighted by Crippen LogP contribution is -2.36. The molecule has 0 heterocycles. The van der Waals surface area contributed by atoms with Gasteiger partial charge in [0.25, 0.3) is 5.91 Å². The molecule has 0 aliphatic rings. The van der Waals surface area contributed by atoms with Crippen LogP contribution in [0.25, 0.3) is 0 Å². The van der Waals surface area contributed by atoms with Gasteiger partial charge >= 0.3 is 5.97 Å². The van der Waals surface area contributed by atoms with Crippen LogP contribution in [-0.4, -0.2) is 40.1 Å². The number of halogens is 1. The Balaban J connectivity index is 2.95. The zero-order valence-corrected chi connectivity index (χ0v) is 10.8. The number of aromatic hydroxyl groups is 1. The van der Waals surface area contributed by atoms with Gasteiger partial charge < -0.3 is 15.1 Å². The lowest BCUT2D eigenvalue weighted by atomic mass is 10.1. The van der Waals surface area contributed by atoms with Crippen LogP contribution in [0.2, 0.25) is 0 Å². The van der Waals surface area contributed by atoms with E-state index in [1.807, 2.05) is 0 Å². The zero-order valence-electron chi connectivity index (χ0n) is 10.8. The van der Waals surface area contributed by atoms with Crippen LogP contribution in [0.3, 0.4) is 0 Å².